The molecule has 0 bridgehead atoms. The van der Waals surface area contributed by atoms with Gasteiger partial charge in [-0.3, -0.25) is 4.90 Å². The van der Waals surface area contributed by atoms with Gasteiger partial charge in [0.1, 0.15) is 5.01 Å². The first-order valence-electron chi connectivity index (χ1n) is 7.47. The highest BCUT2D eigenvalue weighted by atomic mass is 32.1. The van der Waals surface area contributed by atoms with E-state index in [4.69, 9.17) is 4.98 Å². The summed E-state index contributed by atoms with van der Waals surface area (Å²) in [6.45, 7) is 7.80. The minimum absolute atomic E-state index is 1.02. The van der Waals surface area contributed by atoms with Crippen LogP contribution in [0.25, 0.3) is 11.3 Å². The van der Waals surface area contributed by atoms with Crippen LogP contribution in [0, 0.1) is 13.8 Å². The fourth-order valence-electron chi connectivity index (χ4n) is 2.92. The molecule has 3 rings (SSSR count). The van der Waals surface area contributed by atoms with Crippen molar-refractivity contribution in [1.29, 1.82) is 0 Å². The topological polar surface area (TPSA) is 16.1 Å². The molecule has 0 spiro atoms. The molecule has 0 aliphatic carbocycles. The van der Waals surface area contributed by atoms with Crippen molar-refractivity contribution in [2.24, 2.45) is 0 Å². The number of thiazole rings is 1. The van der Waals surface area contributed by atoms with E-state index in [1.807, 2.05) is 0 Å². The smallest absolute Gasteiger partial charge is 0.107 e. The number of aryl methyl sites for hydroxylation is 2. The van der Waals surface area contributed by atoms with E-state index in [1.165, 1.54) is 54.0 Å². The third kappa shape index (κ3) is 3.10. The van der Waals surface area contributed by atoms with Crippen LogP contribution in [0.5, 0.6) is 0 Å². The molecule has 2 heterocycles. The number of benzene rings is 1. The second-order valence-electron chi connectivity index (χ2n) is 5.78. The van der Waals surface area contributed by atoms with Crippen molar-refractivity contribution in [1.82, 2.24) is 9.88 Å². The van der Waals surface area contributed by atoms with E-state index in [0.29, 0.717) is 0 Å². The fraction of sp³-hybridized carbons (Fsp3) is 0.471. The van der Waals surface area contributed by atoms with Crippen molar-refractivity contribution < 1.29 is 0 Å². The maximum absolute atomic E-state index is 4.84. The molecule has 0 saturated carbocycles. The minimum Gasteiger partial charge on any atom is -0.297 e. The monoisotopic (exact) mass is 286 g/mol. The first kappa shape index (κ1) is 13.8. The maximum Gasteiger partial charge on any atom is 0.107 e. The summed E-state index contributed by atoms with van der Waals surface area (Å²) in [5.41, 5.74) is 5.05. The number of hydrogen-bond donors (Lipinski definition) is 0. The molecule has 2 nitrogen and oxygen atoms in total. The zero-order chi connectivity index (χ0) is 13.9. The van der Waals surface area contributed by atoms with Crippen molar-refractivity contribution in [2.75, 3.05) is 13.1 Å². The molecule has 1 aromatic carbocycles. The predicted octanol–water partition coefficient (Wildman–Crippen LogP) is 4.41. The molecule has 1 saturated heterocycles. The lowest BCUT2D eigenvalue weighted by Crippen LogP contribution is -2.28. The van der Waals surface area contributed by atoms with Crippen LogP contribution in [0.4, 0.5) is 0 Å². The van der Waals surface area contributed by atoms with Crippen molar-refractivity contribution in [3.05, 3.63) is 39.7 Å². The van der Waals surface area contributed by atoms with Gasteiger partial charge in [-0.2, -0.15) is 0 Å². The Hall–Kier alpha value is -1.19. The van der Waals surface area contributed by atoms with E-state index >= 15 is 0 Å². The van der Waals surface area contributed by atoms with E-state index < -0.39 is 0 Å². The lowest BCUT2D eigenvalue weighted by Gasteiger charge is -2.25. The first-order valence-corrected chi connectivity index (χ1v) is 8.35. The summed E-state index contributed by atoms with van der Waals surface area (Å²) in [6, 6.07) is 6.61. The van der Waals surface area contributed by atoms with Crippen LogP contribution < -0.4 is 0 Å². The Bertz CT molecular complexity index is 582. The minimum atomic E-state index is 1.02. The second-order valence-corrected chi connectivity index (χ2v) is 6.72. The maximum atomic E-state index is 4.84. The van der Waals surface area contributed by atoms with Gasteiger partial charge in [-0.25, -0.2) is 4.98 Å². The zero-order valence-electron chi connectivity index (χ0n) is 12.4. The molecule has 0 N–H and O–H groups in total. The average Bonchev–Trinajstić information content (AvgIpc) is 2.88. The molecule has 0 radical (unpaired) electrons. The average molecular weight is 286 g/mol. The Labute approximate surface area is 125 Å². The van der Waals surface area contributed by atoms with Gasteiger partial charge in [0.15, 0.2) is 0 Å². The molecule has 1 aliphatic rings. The number of rotatable bonds is 3. The predicted molar refractivity (Wildman–Crippen MR) is 86.2 cm³/mol. The molecule has 20 heavy (non-hydrogen) atoms. The quantitative estimate of drug-likeness (QED) is 0.830. The van der Waals surface area contributed by atoms with Crippen molar-refractivity contribution in [2.45, 2.75) is 39.7 Å². The highest BCUT2D eigenvalue weighted by molar-refractivity contribution is 7.09. The Balaban J connectivity index is 1.75. The van der Waals surface area contributed by atoms with Crippen LogP contribution in [0.3, 0.4) is 0 Å². The summed E-state index contributed by atoms with van der Waals surface area (Å²) in [5.74, 6) is 0. The summed E-state index contributed by atoms with van der Waals surface area (Å²) >= 11 is 1.80. The van der Waals surface area contributed by atoms with Gasteiger partial charge in [0.25, 0.3) is 0 Å². The van der Waals surface area contributed by atoms with E-state index in [0.717, 1.165) is 12.2 Å². The van der Waals surface area contributed by atoms with E-state index in [1.54, 1.807) is 11.3 Å². The molecular weight excluding hydrogens is 264 g/mol. The molecule has 3 heteroatoms. The van der Waals surface area contributed by atoms with Crippen molar-refractivity contribution >= 4 is 11.3 Å². The Morgan fingerprint density at radius 3 is 2.70 bits per heavy atom. The highest BCUT2D eigenvalue weighted by Gasteiger charge is 2.13. The lowest BCUT2D eigenvalue weighted by molar-refractivity contribution is 0.220. The van der Waals surface area contributed by atoms with Crippen LogP contribution in [-0.2, 0) is 6.54 Å². The molecule has 106 valence electrons. The van der Waals surface area contributed by atoms with Crippen LogP contribution >= 0.6 is 11.3 Å². The van der Waals surface area contributed by atoms with Gasteiger partial charge in [0.05, 0.1) is 12.2 Å². The van der Waals surface area contributed by atoms with Gasteiger partial charge in [-0.05, 0) is 45.3 Å². The van der Waals surface area contributed by atoms with Crippen LogP contribution in [-0.4, -0.2) is 23.0 Å². The van der Waals surface area contributed by atoms with Crippen LogP contribution in [0.15, 0.2) is 23.6 Å². The molecule has 1 aliphatic heterocycles. The Kier molecular flexibility index (Phi) is 4.18. The molecule has 0 unspecified atom stereocenters. The highest BCUT2D eigenvalue weighted by Crippen LogP contribution is 2.26. The third-order valence-electron chi connectivity index (χ3n) is 4.02. The third-order valence-corrected chi connectivity index (χ3v) is 4.85. The van der Waals surface area contributed by atoms with Crippen LogP contribution in [0.1, 0.15) is 35.4 Å². The summed E-state index contributed by atoms with van der Waals surface area (Å²) in [4.78, 5) is 7.38. The van der Waals surface area contributed by atoms with Gasteiger partial charge in [-0.15, -0.1) is 11.3 Å². The SMILES string of the molecule is Cc1ccc(-c2csc(CN3CCCCC3)n2)c(C)c1. The van der Waals surface area contributed by atoms with Gasteiger partial charge in [-0.1, -0.05) is 30.2 Å². The second kappa shape index (κ2) is 6.06. The zero-order valence-corrected chi connectivity index (χ0v) is 13.2. The molecule has 1 aromatic heterocycles. The van der Waals surface area contributed by atoms with Crippen molar-refractivity contribution in [3.8, 4) is 11.3 Å². The molecule has 0 amide bonds. The summed E-state index contributed by atoms with van der Waals surface area (Å²) in [6.07, 6.45) is 4.08. The fourth-order valence-corrected chi connectivity index (χ4v) is 3.75. The van der Waals surface area contributed by atoms with E-state index in [-0.39, 0.29) is 0 Å². The van der Waals surface area contributed by atoms with Gasteiger partial charge < -0.3 is 0 Å². The molecule has 1 fully saturated rings. The van der Waals surface area contributed by atoms with Crippen LogP contribution in [0.2, 0.25) is 0 Å². The Morgan fingerprint density at radius 2 is 1.95 bits per heavy atom. The van der Waals surface area contributed by atoms with Gasteiger partial charge in [0.2, 0.25) is 0 Å². The summed E-state index contributed by atoms with van der Waals surface area (Å²) in [5, 5.41) is 3.46. The normalized spacial score (nSPS) is 16.5. The summed E-state index contributed by atoms with van der Waals surface area (Å²) in [7, 11) is 0. The Morgan fingerprint density at radius 1 is 1.15 bits per heavy atom. The van der Waals surface area contributed by atoms with E-state index in [2.05, 4.69) is 42.3 Å². The number of aromatic nitrogens is 1. The molecule has 0 atom stereocenters. The number of likely N-dealkylation sites (tertiary alicyclic amines) is 1. The number of piperidine rings is 1. The van der Waals surface area contributed by atoms with E-state index in [9.17, 15) is 0 Å². The number of hydrogen-bond acceptors (Lipinski definition) is 3. The number of nitrogens with zero attached hydrogens (tertiary/aromatic N) is 2. The standard InChI is InChI=1S/C17H22N2S/c1-13-6-7-15(14(2)10-13)16-12-20-17(18-16)11-19-8-4-3-5-9-19/h6-7,10,12H,3-5,8-9,11H2,1-2H3. The summed E-state index contributed by atoms with van der Waals surface area (Å²) < 4.78 is 0. The lowest BCUT2D eigenvalue weighted by atomic mass is 10.0. The van der Waals surface area contributed by atoms with Gasteiger partial charge in [0, 0.05) is 10.9 Å². The van der Waals surface area contributed by atoms with Gasteiger partial charge >= 0.3 is 0 Å². The molecule has 2 aromatic rings. The van der Waals surface area contributed by atoms with Crippen molar-refractivity contribution in [3.63, 3.8) is 0 Å². The molecular formula is C17H22N2S. The largest absolute Gasteiger partial charge is 0.297 e. The first-order chi connectivity index (χ1) is 9.72.